The summed E-state index contributed by atoms with van der Waals surface area (Å²) in [4.78, 5) is 12.8. The molecule has 0 aromatic carbocycles. The van der Waals surface area contributed by atoms with E-state index in [1.807, 2.05) is 11.0 Å². The molecule has 3 aromatic rings. The van der Waals surface area contributed by atoms with Gasteiger partial charge in [0.1, 0.15) is 18.0 Å². The smallest absolute Gasteiger partial charge is 0.355 e. The van der Waals surface area contributed by atoms with Crippen LogP contribution in [0.25, 0.3) is 5.65 Å². The van der Waals surface area contributed by atoms with Crippen LogP contribution in [0.3, 0.4) is 0 Å². The van der Waals surface area contributed by atoms with Crippen molar-refractivity contribution in [3.8, 4) is 0 Å². The molecular formula is C18H19F3N8. The Labute approximate surface area is 164 Å². The quantitative estimate of drug-likeness (QED) is 0.662. The molecule has 0 atom stereocenters. The summed E-state index contributed by atoms with van der Waals surface area (Å²) in [6, 6.07) is 6.02. The first-order valence-electron chi connectivity index (χ1n) is 9.59. The molecule has 0 bridgehead atoms. The van der Waals surface area contributed by atoms with Gasteiger partial charge in [-0.05, 0) is 43.9 Å². The minimum Gasteiger partial charge on any atom is -0.355 e. The Morgan fingerprint density at radius 2 is 1.72 bits per heavy atom. The van der Waals surface area contributed by atoms with Crippen LogP contribution in [0.2, 0.25) is 0 Å². The maximum Gasteiger partial charge on any atom is 0.453 e. The van der Waals surface area contributed by atoms with Gasteiger partial charge in [0.05, 0.1) is 0 Å². The fraction of sp³-hybridized carbons (Fsp3) is 0.500. The minimum absolute atomic E-state index is 0.0830. The zero-order valence-corrected chi connectivity index (χ0v) is 15.5. The summed E-state index contributed by atoms with van der Waals surface area (Å²) in [5.74, 6) is 0.342. The van der Waals surface area contributed by atoms with E-state index in [0.29, 0.717) is 31.0 Å². The molecule has 1 aliphatic carbocycles. The SMILES string of the molecule is FC(F)(F)c1nnc2ccc(N3CCC(N(c4ccncn4)C4CC4)CC3)nn12. The molecule has 3 aromatic heterocycles. The highest BCUT2D eigenvalue weighted by Crippen LogP contribution is 2.35. The van der Waals surface area contributed by atoms with Crippen LogP contribution in [-0.2, 0) is 6.18 Å². The summed E-state index contributed by atoms with van der Waals surface area (Å²) >= 11 is 0. The van der Waals surface area contributed by atoms with Gasteiger partial charge in [-0.1, -0.05) is 0 Å². The lowest BCUT2D eigenvalue weighted by molar-refractivity contribution is -0.146. The Bertz CT molecular complexity index is 993. The van der Waals surface area contributed by atoms with Crippen LogP contribution in [0, 0.1) is 0 Å². The predicted molar refractivity (Wildman–Crippen MR) is 98.6 cm³/mol. The Morgan fingerprint density at radius 1 is 0.966 bits per heavy atom. The van der Waals surface area contributed by atoms with E-state index in [-0.39, 0.29) is 5.65 Å². The average molecular weight is 404 g/mol. The van der Waals surface area contributed by atoms with Crippen molar-refractivity contribution >= 4 is 17.3 Å². The third kappa shape index (κ3) is 3.45. The number of piperidine rings is 1. The van der Waals surface area contributed by atoms with Gasteiger partial charge in [-0.15, -0.1) is 15.3 Å². The molecule has 5 rings (SSSR count). The zero-order valence-electron chi connectivity index (χ0n) is 15.5. The van der Waals surface area contributed by atoms with E-state index in [2.05, 4.69) is 30.2 Å². The molecule has 0 spiro atoms. The van der Waals surface area contributed by atoms with Gasteiger partial charge in [-0.25, -0.2) is 9.97 Å². The molecular weight excluding hydrogens is 385 g/mol. The van der Waals surface area contributed by atoms with E-state index < -0.39 is 12.0 Å². The van der Waals surface area contributed by atoms with E-state index in [1.165, 1.54) is 6.07 Å². The first kappa shape index (κ1) is 18.1. The van der Waals surface area contributed by atoms with Crippen LogP contribution in [-0.4, -0.2) is 55.0 Å². The monoisotopic (exact) mass is 404 g/mol. The number of fused-ring (bicyclic) bond motifs is 1. The van der Waals surface area contributed by atoms with Gasteiger partial charge in [0.25, 0.3) is 5.82 Å². The third-order valence-corrected chi connectivity index (χ3v) is 5.46. The number of anilines is 2. The van der Waals surface area contributed by atoms with Crippen LogP contribution in [0.5, 0.6) is 0 Å². The highest BCUT2D eigenvalue weighted by molar-refractivity contribution is 5.47. The Balaban J connectivity index is 1.34. The van der Waals surface area contributed by atoms with E-state index >= 15 is 0 Å². The molecule has 0 radical (unpaired) electrons. The molecule has 8 nitrogen and oxygen atoms in total. The topological polar surface area (TPSA) is 75.3 Å². The highest BCUT2D eigenvalue weighted by atomic mass is 19.4. The van der Waals surface area contributed by atoms with E-state index in [4.69, 9.17) is 0 Å². The molecule has 2 aliphatic rings. The molecule has 11 heteroatoms. The largest absolute Gasteiger partial charge is 0.453 e. The Kier molecular flexibility index (Phi) is 4.25. The van der Waals surface area contributed by atoms with Crippen molar-refractivity contribution in [2.45, 2.75) is 43.9 Å². The maximum absolute atomic E-state index is 13.1. The molecule has 1 saturated heterocycles. The van der Waals surface area contributed by atoms with Gasteiger partial charge in [-0.3, -0.25) is 0 Å². The van der Waals surface area contributed by atoms with Crippen molar-refractivity contribution in [1.29, 1.82) is 0 Å². The summed E-state index contributed by atoms with van der Waals surface area (Å²) in [5.41, 5.74) is 0.0830. The molecule has 2 fully saturated rings. The van der Waals surface area contributed by atoms with E-state index in [1.54, 1.807) is 18.6 Å². The number of hydrogen-bond acceptors (Lipinski definition) is 7. The van der Waals surface area contributed by atoms with Gasteiger partial charge in [0.2, 0.25) is 0 Å². The molecule has 152 valence electrons. The van der Waals surface area contributed by atoms with Gasteiger partial charge in [0, 0.05) is 31.4 Å². The first-order chi connectivity index (χ1) is 14.0. The van der Waals surface area contributed by atoms with Gasteiger partial charge < -0.3 is 9.80 Å². The second kappa shape index (κ2) is 6.82. The number of aromatic nitrogens is 6. The van der Waals surface area contributed by atoms with Crippen molar-refractivity contribution in [1.82, 2.24) is 29.8 Å². The fourth-order valence-electron chi connectivity index (χ4n) is 3.96. The fourth-order valence-corrected chi connectivity index (χ4v) is 3.96. The standard InChI is InChI=1S/C18H19F3N8/c19-18(20,21)17-25-24-15-3-4-16(26-29(15)17)27-9-6-13(7-10-27)28(12-1-2-12)14-5-8-22-11-23-14/h3-5,8,11-13H,1-2,6-7,9-10H2. The Morgan fingerprint density at radius 3 is 2.38 bits per heavy atom. The number of nitrogens with zero attached hydrogens (tertiary/aromatic N) is 8. The summed E-state index contributed by atoms with van der Waals surface area (Å²) in [7, 11) is 0. The highest BCUT2D eigenvalue weighted by Gasteiger charge is 2.39. The number of hydrogen-bond donors (Lipinski definition) is 0. The number of rotatable bonds is 4. The second-order valence-corrected chi connectivity index (χ2v) is 7.41. The number of alkyl halides is 3. The maximum atomic E-state index is 13.1. The van der Waals surface area contributed by atoms with Crippen molar-refractivity contribution < 1.29 is 13.2 Å². The Hall–Kier alpha value is -2.98. The summed E-state index contributed by atoms with van der Waals surface area (Å²) in [6.45, 7) is 1.42. The molecule has 0 amide bonds. The van der Waals surface area contributed by atoms with Crippen molar-refractivity contribution in [2.24, 2.45) is 0 Å². The van der Waals surface area contributed by atoms with Gasteiger partial charge >= 0.3 is 6.18 Å². The second-order valence-electron chi connectivity index (χ2n) is 7.41. The van der Waals surface area contributed by atoms with Gasteiger partial charge in [0.15, 0.2) is 5.65 Å². The van der Waals surface area contributed by atoms with E-state index in [9.17, 15) is 13.2 Å². The van der Waals surface area contributed by atoms with Crippen molar-refractivity contribution in [3.05, 3.63) is 36.5 Å². The summed E-state index contributed by atoms with van der Waals surface area (Å²) in [6.07, 6.45) is 2.82. The van der Waals surface area contributed by atoms with Crippen LogP contribution < -0.4 is 9.80 Å². The molecule has 0 N–H and O–H groups in total. The molecule has 1 saturated carbocycles. The van der Waals surface area contributed by atoms with Gasteiger partial charge in [-0.2, -0.15) is 17.7 Å². The number of halogens is 3. The van der Waals surface area contributed by atoms with E-state index in [0.717, 1.165) is 36.0 Å². The third-order valence-electron chi connectivity index (χ3n) is 5.46. The average Bonchev–Trinajstić information content (AvgIpc) is 3.45. The lowest BCUT2D eigenvalue weighted by atomic mass is 10.0. The summed E-state index contributed by atoms with van der Waals surface area (Å²) in [5, 5.41) is 11.0. The lowest BCUT2D eigenvalue weighted by Crippen LogP contribution is -2.46. The van der Waals surface area contributed by atoms with Crippen molar-refractivity contribution in [3.63, 3.8) is 0 Å². The molecule has 29 heavy (non-hydrogen) atoms. The molecule has 4 heterocycles. The van der Waals surface area contributed by atoms with Crippen LogP contribution in [0.4, 0.5) is 24.8 Å². The lowest BCUT2D eigenvalue weighted by Gasteiger charge is -2.39. The minimum atomic E-state index is -4.60. The molecule has 0 unspecified atom stereocenters. The predicted octanol–water partition coefficient (Wildman–Crippen LogP) is 2.57. The van der Waals surface area contributed by atoms with Crippen LogP contribution in [0.1, 0.15) is 31.5 Å². The molecule has 1 aliphatic heterocycles. The van der Waals surface area contributed by atoms with Crippen LogP contribution in [0.15, 0.2) is 30.7 Å². The summed E-state index contributed by atoms with van der Waals surface area (Å²) < 4.78 is 40.1. The zero-order chi connectivity index (χ0) is 20.0. The van der Waals surface area contributed by atoms with Crippen molar-refractivity contribution in [2.75, 3.05) is 22.9 Å². The normalized spacial score (nSPS) is 18.4. The van der Waals surface area contributed by atoms with Crippen LogP contribution >= 0.6 is 0 Å². The first-order valence-corrected chi connectivity index (χ1v) is 9.59.